The highest BCUT2D eigenvalue weighted by Gasteiger charge is 2.38. The van der Waals surface area contributed by atoms with E-state index in [1.807, 2.05) is 0 Å². The maximum absolute atomic E-state index is 11.7. The Hall–Kier alpha value is -2.23. The molecule has 0 aliphatic heterocycles. The minimum atomic E-state index is -0.633. The van der Waals surface area contributed by atoms with Gasteiger partial charge in [0.2, 0.25) is 0 Å². The lowest BCUT2D eigenvalue weighted by molar-refractivity contribution is -0.113. The van der Waals surface area contributed by atoms with Crippen molar-refractivity contribution in [3.8, 4) is 11.5 Å². The number of aliphatic hydroxyl groups is 1. The second-order valence-electron chi connectivity index (χ2n) is 6.51. The molecule has 0 amide bonds. The van der Waals surface area contributed by atoms with Crippen molar-refractivity contribution in [3.05, 3.63) is 47.2 Å². The van der Waals surface area contributed by atoms with Crippen LogP contribution < -0.4 is 0 Å². The number of aromatic hydroxyl groups is 2. The maximum Gasteiger partial charge on any atom is 0.159 e. The predicted molar refractivity (Wildman–Crippen MR) is 94.4 cm³/mol. The van der Waals surface area contributed by atoms with Crippen molar-refractivity contribution in [2.75, 3.05) is 0 Å². The number of aryl methyl sites for hydroxylation is 1. The Kier molecular flexibility index (Phi) is 5.71. The van der Waals surface area contributed by atoms with E-state index in [4.69, 9.17) is 0 Å². The van der Waals surface area contributed by atoms with Crippen molar-refractivity contribution < 1.29 is 20.1 Å². The molecule has 4 nitrogen and oxygen atoms in total. The Morgan fingerprint density at radius 1 is 1.25 bits per heavy atom. The van der Waals surface area contributed by atoms with Gasteiger partial charge in [-0.2, -0.15) is 0 Å². The van der Waals surface area contributed by atoms with E-state index in [1.165, 1.54) is 6.92 Å². The van der Waals surface area contributed by atoms with Gasteiger partial charge in [0.1, 0.15) is 17.3 Å². The summed E-state index contributed by atoms with van der Waals surface area (Å²) in [4.78, 5) is 11.7. The third-order valence-corrected chi connectivity index (χ3v) is 4.78. The van der Waals surface area contributed by atoms with Gasteiger partial charge in [0.25, 0.3) is 0 Å². The van der Waals surface area contributed by atoms with Crippen LogP contribution in [0.1, 0.15) is 56.6 Å². The Bertz CT molecular complexity index is 649. The third-order valence-electron chi connectivity index (χ3n) is 4.78. The highest BCUT2D eigenvalue weighted by molar-refractivity contribution is 5.94. The Morgan fingerprint density at radius 2 is 1.88 bits per heavy atom. The molecule has 0 unspecified atom stereocenters. The van der Waals surface area contributed by atoms with E-state index < -0.39 is 5.92 Å². The number of carbonyl (C=O) groups excluding carboxylic acids is 1. The maximum atomic E-state index is 11.7. The molecule has 0 radical (unpaired) electrons. The number of hydrogen-bond donors (Lipinski definition) is 3. The molecule has 1 aliphatic rings. The van der Waals surface area contributed by atoms with Crippen LogP contribution in [0.4, 0.5) is 0 Å². The smallest absolute Gasteiger partial charge is 0.159 e. The molecular weight excluding hydrogens is 304 g/mol. The number of phenolic OH excluding ortho intramolecular Hbond substituents is 2. The number of hydrogen-bond acceptors (Lipinski definition) is 4. The van der Waals surface area contributed by atoms with Crippen LogP contribution in [0, 0.1) is 5.92 Å². The summed E-state index contributed by atoms with van der Waals surface area (Å²) in [5, 5.41) is 31.3. The first kappa shape index (κ1) is 18.1. The normalized spacial score (nSPS) is 20.4. The first-order valence-electron chi connectivity index (χ1n) is 8.50. The summed E-state index contributed by atoms with van der Waals surface area (Å²) >= 11 is 0. The fraction of sp³-hybridized carbons (Fsp3) is 0.450. The van der Waals surface area contributed by atoms with E-state index in [0.717, 1.165) is 31.2 Å². The van der Waals surface area contributed by atoms with Crippen molar-refractivity contribution in [2.24, 2.45) is 5.92 Å². The molecule has 0 spiro atoms. The summed E-state index contributed by atoms with van der Waals surface area (Å²) < 4.78 is 0. The second-order valence-corrected chi connectivity index (χ2v) is 6.51. The zero-order valence-electron chi connectivity index (χ0n) is 14.4. The van der Waals surface area contributed by atoms with E-state index in [-0.39, 0.29) is 34.5 Å². The van der Waals surface area contributed by atoms with Crippen LogP contribution in [-0.4, -0.2) is 21.1 Å². The molecule has 1 aromatic carbocycles. The summed E-state index contributed by atoms with van der Waals surface area (Å²) in [6, 6.07) is 3.29. The van der Waals surface area contributed by atoms with Crippen LogP contribution >= 0.6 is 0 Å². The number of aliphatic hydroxyl groups excluding tert-OH is 1. The van der Waals surface area contributed by atoms with Gasteiger partial charge in [-0.15, -0.1) is 6.58 Å². The van der Waals surface area contributed by atoms with Gasteiger partial charge in [0, 0.05) is 11.1 Å². The number of phenols is 2. The van der Waals surface area contributed by atoms with Crippen LogP contribution in [0.2, 0.25) is 0 Å². The first-order valence-corrected chi connectivity index (χ1v) is 8.50. The fourth-order valence-electron chi connectivity index (χ4n) is 3.46. The van der Waals surface area contributed by atoms with Crippen LogP contribution in [-0.2, 0) is 11.2 Å². The number of allylic oxidation sites excluding steroid dienone is 3. The second kappa shape index (κ2) is 7.56. The summed E-state index contributed by atoms with van der Waals surface area (Å²) in [5.74, 6) is -1.23. The predicted octanol–water partition coefficient (Wildman–Crippen LogP) is 4.52. The highest BCUT2D eigenvalue weighted by Crippen LogP contribution is 2.49. The quantitative estimate of drug-likeness (QED) is 0.507. The minimum absolute atomic E-state index is 0.0466. The summed E-state index contributed by atoms with van der Waals surface area (Å²) in [6.45, 7) is 7.29. The first-order chi connectivity index (χ1) is 11.4. The Morgan fingerprint density at radius 3 is 2.38 bits per heavy atom. The number of ketones is 1. The minimum Gasteiger partial charge on any atom is -0.511 e. The molecule has 24 heavy (non-hydrogen) atoms. The van der Waals surface area contributed by atoms with E-state index in [0.29, 0.717) is 12.0 Å². The SMILES string of the molecule is C=C[C@@H]1CC(C(C)=O)=C(O)[C@H]1c1c(O)cc(CCCCC)cc1O. The van der Waals surface area contributed by atoms with Crippen molar-refractivity contribution in [2.45, 2.75) is 51.9 Å². The van der Waals surface area contributed by atoms with Crippen LogP contribution in [0.15, 0.2) is 36.1 Å². The molecule has 0 bridgehead atoms. The molecule has 0 fully saturated rings. The summed E-state index contributed by atoms with van der Waals surface area (Å²) in [7, 11) is 0. The lowest BCUT2D eigenvalue weighted by Gasteiger charge is -2.20. The summed E-state index contributed by atoms with van der Waals surface area (Å²) in [6.07, 6.45) is 6.00. The number of rotatable bonds is 7. The largest absolute Gasteiger partial charge is 0.511 e. The standard InChI is InChI=1S/C20H26O4/c1-4-6-7-8-13-9-16(22)19(17(23)10-13)18-14(5-2)11-15(12(3)21)20(18)24/h5,9-10,14,18,22-24H,2,4,6-8,11H2,1,3H3/t14-,18-/m1/s1. The van der Waals surface area contributed by atoms with Crippen molar-refractivity contribution in [1.29, 1.82) is 0 Å². The zero-order chi connectivity index (χ0) is 17.9. The van der Waals surface area contributed by atoms with Crippen LogP contribution in [0.5, 0.6) is 11.5 Å². The van der Waals surface area contributed by atoms with Gasteiger partial charge in [0.15, 0.2) is 5.78 Å². The van der Waals surface area contributed by atoms with Gasteiger partial charge < -0.3 is 15.3 Å². The van der Waals surface area contributed by atoms with Gasteiger partial charge in [-0.3, -0.25) is 4.79 Å². The molecule has 4 heteroatoms. The van der Waals surface area contributed by atoms with Gasteiger partial charge >= 0.3 is 0 Å². The molecular formula is C20H26O4. The van der Waals surface area contributed by atoms with Gasteiger partial charge in [0.05, 0.1) is 5.92 Å². The van der Waals surface area contributed by atoms with E-state index >= 15 is 0 Å². The lowest BCUT2D eigenvalue weighted by atomic mass is 9.86. The van der Waals surface area contributed by atoms with E-state index in [1.54, 1.807) is 18.2 Å². The topological polar surface area (TPSA) is 77.8 Å². The number of unbranched alkanes of at least 4 members (excludes halogenated alkanes) is 2. The van der Waals surface area contributed by atoms with Crippen LogP contribution in [0.3, 0.4) is 0 Å². The number of carbonyl (C=O) groups is 1. The Labute approximate surface area is 143 Å². The van der Waals surface area contributed by atoms with Crippen molar-refractivity contribution in [3.63, 3.8) is 0 Å². The highest BCUT2D eigenvalue weighted by atomic mass is 16.3. The van der Waals surface area contributed by atoms with Crippen molar-refractivity contribution >= 4 is 5.78 Å². The molecule has 0 saturated carbocycles. The lowest BCUT2D eigenvalue weighted by Crippen LogP contribution is -2.08. The van der Waals surface area contributed by atoms with Crippen molar-refractivity contribution in [1.82, 2.24) is 0 Å². The molecule has 130 valence electrons. The summed E-state index contributed by atoms with van der Waals surface area (Å²) in [5.41, 5.74) is 1.48. The monoisotopic (exact) mass is 330 g/mol. The Balaban J connectivity index is 2.40. The molecule has 0 saturated heterocycles. The molecule has 1 aliphatic carbocycles. The average Bonchev–Trinajstić information content (AvgIpc) is 2.84. The fourth-order valence-corrected chi connectivity index (χ4v) is 3.46. The van der Waals surface area contributed by atoms with E-state index in [9.17, 15) is 20.1 Å². The molecule has 2 rings (SSSR count). The van der Waals surface area contributed by atoms with Crippen LogP contribution in [0.25, 0.3) is 0 Å². The van der Waals surface area contributed by atoms with Gasteiger partial charge in [-0.1, -0.05) is 25.8 Å². The number of benzene rings is 1. The van der Waals surface area contributed by atoms with E-state index in [2.05, 4.69) is 13.5 Å². The third kappa shape index (κ3) is 3.48. The molecule has 3 N–H and O–H groups in total. The molecule has 0 heterocycles. The molecule has 0 aromatic heterocycles. The van der Waals surface area contributed by atoms with Gasteiger partial charge in [-0.25, -0.2) is 0 Å². The average molecular weight is 330 g/mol. The molecule has 1 aromatic rings. The van der Waals surface area contributed by atoms with Gasteiger partial charge in [-0.05, 0) is 49.8 Å². The zero-order valence-corrected chi connectivity index (χ0v) is 14.4. The number of Topliss-reactive ketones (excluding diaryl/α,β-unsaturated/α-hetero) is 1. The molecule has 2 atom stereocenters.